The molecule has 11 heteroatoms. The van der Waals surface area contributed by atoms with Crippen LogP contribution >= 0.6 is 0 Å². The second kappa shape index (κ2) is 7.58. The second-order valence-corrected chi connectivity index (χ2v) is 6.44. The first kappa shape index (κ1) is 19.8. The molecular weight excluding hydrogens is 381 g/mol. The predicted molar refractivity (Wildman–Crippen MR) is 88.7 cm³/mol. The summed E-state index contributed by atoms with van der Waals surface area (Å²) in [5.74, 6) is -2.79. The van der Waals surface area contributed by atoms with Gasteiger partial charge in [0.15, 0.2) is 0 Å². The van der Waals surface area contributed by atoms with Gasteiger partial charge in [-0.15, -0.1) is 0 Å². The third-order valence-electron chi connectivity index (χ3n) is 4.61. The van der Waals surface area contributed by atoms with E-state index in [-0.39, 0.29) is 23.5 Å². The zero-order valence-electron chi connectivity index (χ0n) is 14.6. The third kappa shape index (κ3) is 4.14. The molecule has 1 aliphatic heterocycles. The average Bonchev–Trinajstić information content (AvgIpc) is 3.17. The number of alkyl halides is 3. The monoisotopic (exact) mass is 398 g/mol. The molecule has 28 heavy (non-hydrogen) atoms. The number of hydrogen-bond donors (Lipinski definition) is 2. The fraction of sp³-hybridized carbons (Fsp3) is 0.412. The molecule has 3 N–H and O–H groups in total. The minimum atomic E-state index is -4.76. The zero-order valence-corrected chi connectivity index (χ0v) is 14.6. The Morgan fingerprint density at radius 2 is 1.96 bits per heavy atom. The average molecular weight is 398 g/mol. The Morgan fingerprint density at radius 3 is 2.57 bits per heavy atom. The van der Waals surface area contributed by atoms with Gasteiger partial charge < -0.3 is 20.3 Å². The summed E-state index contributed by atoms with van der Waals surface area (Å²) in [4.78, 5) is 27.6. The second-order valence-electron chi connectivity index (χ2n) is 6.44. The van der Waals surface area contributed by atoms with Crippen molar-refractivity contribution in [2.45, 2.75) is 19.0 Å². The molecule has 3 rings (SSSR count). The maximum atomic E-state index is 12.6. The Balaban J connectivity index is 1.73. The summed E-state index contributed by atoms with van der Waals surface area (Å²) in [6.45, 7) is 0.774. The molecule has 1 saturated heterocycles. The van der Waals surface area contributed by atoms with Crippen molar-refractivity contribution in [2.24, 2.45) is 11.1 Å². The van der Waals surface area contributed by atoms with Crippen LogP contribution in [-0.2, 0) is 15.7 Å². The van der Waals surface area contributed by atoms with Crippen LogP contribution in [0.1, 0.15) is 29.1 Å². The van der Waals surface area contributed by atoms with E-state index in [1.54, 1.807) is 0 Å². The number of benzene rings is 1. The maximum Gasteiger partial charge on any atom is 0.471 e. The first-order chi connectivity index (χ1) is 13.2. The van der Waals surface area contributed by atoms with Crippen LogP contribution in [0.15, 0.2) is 28.8 Å². The van der Waals surface area contributed by atoms with Gasteiger partial charge >= 0.3 is 12.1 Å². The van der Waals surface area contributed by atoms with Crippen molar-refractivity contribution in [2.75, 3.05) is 19.8 Å². The highest BCUT2D eigenvalue weighted by molar-refractivity contribution is 5.95. The van der Waals surface area contributed by atoms with E-state index in [2.05, 4.69) is 20.0 Å². The fourth-order valence-corrected chi connectivity index (χ4v) is 2.88. The van der Waals surface area contributed by atoms with Gasteiger partial charge in [-0.2, -0.15) is 18.2 Å². The Labute approximate surface area is 157 Å². The molecule has 0 atom stereocenters. The van der Waals surface area contributed by atoms with Crippen molar-refractivity contribution in [3.63, 3.8) is 0 Å². The molecule has 0 saturated carbocycles. The van der Waals surface area contributed by atoms with Gasteiger partial charge in [0.1, 0.15) is 0 Å². The third-order valence-corrected chi connectivity index (χ3v) is 4.61. The molecule has 0 unspecified atom stereocenters. The smallest absolute Gasteiger partial charge is 0.381 e. The molecular formula is C17H17F3N4O4. The topological polar surface area (TPSA) is 120 Å². The van der Waals surface area contributed by atoms with E-state index in [0.29, 0.717) is 26.1 Å². The van der Waals surface area contributed by atoms with E-state index in [4.69, 9.17) is 10.5 Å². The number of nitrogens with one attached hydrogen (secondary N) is 1. The van der Waals surface area contributed by atoms with Crippen LogP contribution < -0.4 is 11.1 Å². The van der Waals surface area contributed by atoms with Crippen LogP contribution in [0.3, 0.4) is 0 Å². The summed E-state index contributed by atoms with van der Waals surface area (Å²) in [7, 11) is 0. The van der Waals surface area contributed by atoms with Crippen LogP contribution in [0.5, 0.6) is 0 Å². The molecule has 0 bridgehead atoms. The summed E-state index contributed by atoms with van der Waals surface area (Å²) in [5.41, 5.74) is 4.96. The van der Waals surface area contributed by atoms with E-state index in [0.717, 1.165) is 0 Å². The highest BCUT2D eigenvalue weighted by atomic mass is 19.4. The predicted octanol–water partition coefficient (Wildman–Crippen LogP) is 1.77. The van der Waals surface area contributed by atoms with Gasteiger partial charge in [0.05, 0.1) is 5.41 Å². The molecule has 2 heterocycles. The first-order valence-electron chi connectivity index (χ1n) is 8.38. The Hall–Kier alpha value is -2.95. The number of rotatable bonds is 5. The SMILES string of the molecule is NC(=O)C1(CNC(=O)c2cccc(-c3noc(C(F)(F)F)n3)c2)CCOCC1. The molecule has 0 spiro atoms. The van der Waals surface area contributed by atoms with Crippen LogP contribution in [0.4, 0.5) is 13.2 Å². The minimum absolute atomic E-state index is 0.0369. The summed E-state index contributed by atoms with van der Waals surface area (Å²) in [5, 5.41) is 5.95. The van der Waals surface area contributed by atoms with Gasteiger partial charge in [0, 0.05) is 30.9 Å². The van der Waals surface area contributed by atoms with Crippen molar-refractivity contribution in [1.82, 2.24) is 15.5 Å². The van der Waals surface area contributed by atoms with E-state index < -0.39 is 29.3 Å². The lowest BCUT2D eigenvalue weighted by Gasteiger charge is -2.34. The zero-order chi connectivity index (χ0) is 20.4. The van der Waals surface area contributed by atoms with Gasteiger partial charge in [0.25, 0.3) is 5.91 Å². The lowest BCUT2D eigenvalue weighted by atomic mass is 9.79. The van der Waals surface area contributed by atoms with Gasteiger partial charge in [-0.3, -0.25) is 9.59 Å². The lowest BCUT2D eigenvalue weighted by molar-refractivity contribution is -0.159. The molecule has 150 valence electrons. The van der Waals surface area contributed by atoms with Crippen molar-refractivity contribution in [3.05, 3.63) is 35.7 Å². The van der Waals surface area contributed by atoms with E-state index in [9.17, 15) is 22.8 Å². The number of carbonyl (C=O) groups is 2. The summed E-state index contributed by atoms with van der Waals surface area (Å²) < 4.78 is 47.2. The fourth-order valence-electron chi connectivity index (χ4n) is 2.88. The number of halogens is 3. The van der Waals surface area contributed by atoms with E-state index >= 15 is 0 Å². The van der Waals surface area contributed by atoms with Crippen LogP contribution in [0, 0.1) is 5.41 Å². The number of amides is 2. The molecule has 1 aliphatic rings. The molecule has 2 aromatic rings. The normalized spacial score (nSPS) is 16.5. The summed E-state index contributed by atoms with van der Waals surface area (Å²) in [6, 6.07) is 5.74. The highest BCUT2D eigenvalue weighted by Crippen LogP contribution is 2.30. The Morgan fingerprint density at radius 1 is 1.25 bits per heavy atom. The van der Waals surface area contributed by atoms with Crippen LogP contribution in [0.2, 0.25) is 0 Å². The van der Waals surface area contributed by atoms with E-state index in [1.807, 2.05) is 0 Å². The summed E-state index contributed by atoms with van der Waals surface area (Å²) in [6.07, 6.45) is -3.97. The number of carbonyl (C=O) groups excluding carboxylic acids is 2. The molecule has 1 aromatic carbocycles. The van der Waals surface area contributed by atoms with Crippen molar-refractivity contribution in [3.8, 4) is 11.4 Å². The maximum absolute atomic E-state index is 12.6. The van der Waals surface area contributed by atoms with Gasteiger partial charge in [-0.25, -0.2) is 0 Å². The molecule has 1 fully saturated rings. The number of hydrogen-bond acceptors (Lipinski definition) is 6. The van der Waals surface area contributed by atoms with Gasteiger partial charge in [-0.05, 0) is 25.0 Å². The molecule has 1 aromatic heterocycles. The first-order valence-corrected chi connectivity index (χ1v) is 8.38. The Bertz CT molecular complexity index is 875. The van der Waals surface area contributed by atoms with E-state index in [1.165, 1.54) is 24.3 Å². The molecule has 0 radical (unpaired) electrons. The van der Waals surface area contributed by atoms with Crippen LogP contribution in [-0.4, -0.2) is 41.7 Å². The summed E-state index contributed by atoms with van der Waals surface area (Å²) >= 11 is 0. The number of nitrogens with zero attached hydrogens (tertiary/aromatic N) is 2. The highest BCUT2D eigenvalue weighted by Gasteiger charge is 2.39. The quantitative estimate of drug-likeness (QED) is 0.792. The minimum Gasteiger partial charge on any atom is -0.381 e. The number of nitrogens with two attached hydrogens (primary N) is 1. The van der Waals surface area contributed by atoms with Crippen molar-refractivity contribution >= 4 is 11.8 Å². The van der Waals surface area contributed by atoms with Crippen molar-refractivity contribution < 1.29 is 32.0 Å². The number of ether oxygens (including phenoxy) is 1. The number of aromatic nitrogens is 2. The molecule has 0 aliphatic carbocycles. The Kier molecular flexibility index (Phi) is 5.36. The van der Waals surface area contributed by atoms with Crippen LogP contribution in [0.25, 0.3) is 11.4 Å². The standard InChI is InChI=1S/C17H17F3N4O4/c18-17(19,20)15-23-12(24-28-15)10-2-1-3-11(8-10)13(25)22-9-16(14(21)26)4-6-27-7-5-16/h1-3,8H,4-7,9H2,(H2,21,26)(H,22,25). The molecule has 2 amide bonds. The van der Waals surface area contributed by atoms with Crippen molar-refractivity contribution in [1.29, 1.82) is 0 Å². The van der Waals surface area contributed by atoms with Gasteiger partial charge in [0.2, 0.25) is 11.7 Å². The lowest BCUT2D eigenvalue weighted by Crippen LogP contribution is -2.49. The number of primary amides is 1. The molecule has 8 nitrogen and oxygen atoms in total. The van der Waals surface area contributed by atoms with Gasteiger partial charge in [-0.1, -0.05) is 17.3 Å². The largest absolute Gasteiger partial charge is 0.471 e.